The topological polar surface area (TPSA) is 67.1 Å². The Labute approximate surface area is 74.7 Å². The van der Waals surface area contributed by atoms with Gasteiger partial charge in [0.1, 0.15) is 5.82 Å². The molecular formula is C9H9N3O. The van der Waals surface area contributed by atoms with Crippen molar-refractivity contribution in [2.24, 2.45) is 5.73 Å². The van der Waals surface area contributed by atoms with Gasteiger partial charge in [0.25, 0.3) is 0 Å². The zero-order valence-electron chi connectivity index (χ0n) is 6.87. The summed E-state index contributed by atoms with van der Waals surface area (Å²) in [5.74, 6) is 0.377. The van der Waals surface area contributed by atoms with Gasteiger partial charge in [-0.25, -0.2) is 4.79 Å². The number of carbonyl (C=O) groups excluding carboxylic acids is 1. The molecule has 0 atom stereocenters. The number of fused-ring (bicyclic) bond motifs is 1. The van der Waals surface area contributed by atoms with Gasteiger partial charge in [-0.05, 0) is 0 Å². The fraction of sp³-hybridized carbons (Fsp3) is 0. The third-order valence-electron chi connectivity index (χ3n) is 1.86. The molecule has 0 aliphatic carbocycles. The third kappa shape index (κ3) is 1.33. The number of nitrogens with two attached hydrogens (primary N) is 1. The summed E-state index contributed by atoms with van der Waals surface area (Å²) in [5, 5.41) is 6.80. The van der Waals surface area contributed by atoms with E-state index in [4.69, 9.17) is 5.73 Å². The van der Waals surface area contributed by atoms with E-state index in [1.807, 2.05) is 24.3 Å². The van der Waals surface area contributed by atoms with Crippen LogP contribution in [-0.4, -0.2) is 6.03 Å². The maximum absolute atomic E-state index is 11.0. The molecule has 4 nitrogen and oxygen atoms in total. The van der Waals surface area contributed by atoms with Crippen molar-refractivity contribution >= 4 is 18.1 Å². The van der Waals surface area contributed by atoms with Crippen molar-refractivity contribution in [2.75, 3.05) is 0 Å². The van der Waals surface area contributed by atoms with E-state index in [2.05, 4.69) is 10.6 Å². The van der Waals surface area contributed by atoms with Crippen LogP contribution in [0.1, 0.15) is 0 Å². The fourth-order valence-electron chi connectivity index (χ4n) is 1.24. The Bertz CT molecular complexity index is 464. The summed E-state index contributed by atoms with van der Waals surface area (Å²) in [5.41, 5.74) is 5.66. The molecule has 2 rings (SSSR count). The van der Waals surface area contributed by atoms with Gasteiger partial charge in [0, 0.05) is 16.6 Å². The molecule has 1 heterocycles. The van der Waals surface area contributed by atoms with Crippen molar-refractivity contribution in [1.82, 2.24) is 10.6 Å². The Hall–Kier alpha value is -1.97. The smallest absolute Gasteiger partial charge is 0.324 e. The third-order valence-corrected chi connectivity index (χ3v) is 1.86. The minimum absolute atomic E-state index is 0.311. The molecular weight excluding hydrogens is 166 g/mol. The monoisotopic (exact) mass is 175 g/mol. The number of amides is 2. The molecule has 0 saturated carbocycles. The van der Waals surface area contributed by atoms with Crippen LogP contribution in [0, 0.1) is 0 Å². The van der Waals surface area contributed by atoms with Crippen LogP contribution in [0.2, 0.25) is 0 Å². The van der Waals surface area contributed by atoms with Gasteiger partial charge in [-0.2, -0.15) is 0 Å². The van der Waals surface area contributed by atoms with Crippen LogP contribution in [-0.2, 0) is 0 Å². The molecule has 1 aromatic carbocycles. The van der Waals surface area contributed by atoms with Gasteiger partial charge in [-0.3, -0.25) is 5.32 Å². The molecule has 4 N–H and O–H groups in total. The summed E-state index contributed by atoms with van der Waals surface area (Å²) in [7, 11) is 0. The number of nitrogens with one attached hydrogen (secondary N) is 2. The van der Waals surface area contributed by atoms with Gasteiger partial charge >= 0.3 is 6.03 Å². The average Bonchev–Trinajstić information content (AvgIpc) is 2.27. The predicted molar refractivity (Wildman–Crippen MR) is 49.4 cm³/mol. The highest BCUT2D eigenvalue weighted by atomic mass is 16.2. The first kappa shape index (κ1) is 7.67. The Morgan fingerprint density at radius 2 is 2.00 bits per heavy atom. The number of carbonyl (C=O) groups is 1. The van der Waals surface area contributed by atoms with Gasteiger partial charge in [-0.1, -0.05) is 24.3 Å². The molecule has 4 heteroatoms. The Kier molecular flexibility index (Phi) is 1.66. The van der Waals surface area contributed by atoms with E-state index in [1.165, 1.54) is 0 Å². The van der Waals surface area contributed by atoms with Crippen LogP contribution in [0.3, 0.4) is 0 Å². The molecule has 1 aliphatic rings. The molecule has 1 aromatic rings. The number of hydrogen-bond acceptors (Lipinski definition) is 2. The molecule has 66 valence electrons. The van der Waals surface area contributed by atoms with E-state index >= 15 is 0 Å². The standard InChI is InChI=1S/C9H9N3O/c10-8-7-4-2-1-3-6(7)5-11-9(13)12-8/h1-5H,10H2,(H2,11,12,13). The molecule has 0 unspecified atom stereocenters. The quantitative estimate of drug-likeness (QED) is 0.462. The minimum atomic E-state index is -0.311. The normalized spacial score (nSPS) is 14.8. The van der Waals surface area contributed by atoms with Crippen LogP contribution < -0.4 is 26.8 Å². The molecule has 0 spiro atoms. The number of urea groups is 1. The number of rotatable bonds is 0. The average molecular weight is 175 g/mol. The van der Waals surface area contributed by atoms with Crippen LogP contribution in [0.15, 0.2) is 24.3 Å². The maximum atomic E-state index is 11.0. The highest BCUT2D eigenvalue weighted by Gasteiger charge is 2.03. The van der Waals surface area contributed by atoms with Crippen LogP contribution in [0.4, 0.5) is 4.79 Å². The Balaban J connectivity index is 2.79. The SMILES string of the molecule is NC1=c2ccccc2=CNC(=O)N1. The minimum Gasteiger partial charge on any atom is -0.385 e. The van der Waals surface area contributed by atoms with E-state index in [1.54, 1.807) is 6.20 Å². The fourth-order valence-corrected chi connectivity index (χ4v) is 1.24. The highest BCUT2D eigenvalue weighted by Crippen LogP contribution is 1.79. The molecule has 1 aliphatic heterocycles. The van der Waals surface area contributed by atoms with Crippen molar-refractivity contribution in [3.05, 3.63) is 34.7 Å². The lowest BCUT2D eigenvalue weighted by Gasteiger charge is -2.00. The van der Waals surface area contributed by atoms with Gasteiger partial charge in [0.15, 0.2) is 0 Å². The van der Waals surface area contributed by atoms with E-state index in [-0.39, 0.29) is 6.03 Å². The maximum Gasteiger partial charge on any atom is 0.324 e. The second kappa shape index (κ2) is 2.82. The molecule has 0 fully saturated rings. The van der Waals surface area contributed by atoms with E-state index in [0.717, 1.165) is 10.4 Å². The van der Waals surface area contributed by atoms with Crippen molar-refractivity contribution in [2.45, 2.75) is 0 Å². The van der Waals surface area contributed by atoms with Crippen LogP contribution in [0.5, 0.6) is 0 Å². The molecule has 2 amide bonds. The van der Waals surface area contributed by atoms with Gasteiger partial charge in [0.05, 0.1) is 0 Å². The number of benzene rings is 1. The largest absolute Gasteiger partial charge is 0.385 e. The first-order chi connectivity index (χ1) is 6.27. The first-order valence-electron chi connectivity index (χ1n) is 3.90. The lowest BCUT2D eigenvalue weighted by atomic mass is 10.2. The van der Waals surface area contributed by atoms with E-state index < -0.39 is 0 Å². The van der Waals surface area contributed by atoms with E-state index in [9.17, 15) is 4.79 Å². The molecule has 0 bridgehead atoms. The Morgan fingerprint density at radius 1 is 1.23 bits per heavy atom. The van der Waals surface area contributed by atoms with Crippen LogP contribution >= 0.6 is 0 Å². The zero-order chi connectivity index (χ0) is 9.26. The summed E-state index contributed by atoms with van der Waals surface area (Å²) in [4.78, 5) is 11.0. The van der Waals surface area contributed by atoms with Crippen molar-refractivity contribution in [3.63, 3.8) is 0 Å². The summed E-state index contributed by atoms with van der Waals surface area (Å²) in [6, 6.07) is 7.19. The molecule has 0 saturated heterocycles. The summed E-state index contributed by atoms with van der Waals surface area (Å²) in [6.07, 6.45) is 1.63. The summed E-state index contributed by atoms with van der Waals surface area (Å²) < 4.78 is 0. The van der Waals surface area contributed by atoms with Crippen molar-refractivity contribution < 1.29 is 4.79 Å². The van der Waals surface area contributed by atoms with E-state index in [0.29, 0.717) is 5.82 Å². The highest BCUT2D eigenvalue weighted by molar-refractivity contribution is 5.84. The Morgan fingerprint density at radius 3 is 2.85 bits per heavy atom. The van der Waals surface area contributed by atoms with Crippen molar-refractivity contribution in [1.29, 1.82) is 0 Å². The lowest BCUT2D eigenvalue weighted by Crippen LogP contribution is -2.36. The number of hydrogen-bond donors (Lipinski definition) is 3. The second-order valence-corrected chi connectivity index (χ2v) is 2.74. The van der Waals surface area contributed by atoms with Crippen LogP contribution in [0.25, 0.3) is 12.0 Å². The molecule has 0 aromatic heterocycles. The summed E-state index contributed by atoms with van der Waals surface area (Å²) >= 11 is 0. The van der Waals surface area contributed by atoms with Crippen molar-refractivity contribution in [3.8, 4) is 0 Å². The van der Waals surface area contributed by atoms with Gasteiger partial charge in [0.2, 0.25) is 0 Å². The molecule has 0 radical (unpaired) electrons. The lowest BCUT2D eigenvalue weighted by molar-refractivity contribution is 0.248. The summed E-state index contributed by atoms with van der Waals surface area (Å²) in [6.45, 7) is 0. The van der Waals surface area contributed by atoms with Gasteiger partial charge in [-0.15, -0.1) is 0 Å². The first-order valence-corrected chi connectivity index (χ1v) is 3.90. The van der Waals surface area contributed by atoms with Gasteiger partial charge < -0.3 is 11.1 Å². The predicted octanol–water partition coefficient (Wildman–Crippen LogP) is -1.24. The molecule has 13 heavy (non-hydrogen) atoms. The second-order valence-electron chi connectivity index (χ2n) is 2.74. The zero-order valence-corrected chi connectivity index (χ0v) is 6.87.